The second-order valence-corrected chi connectivity index (χ2v) is 30.4. The SMILES string of the molecule is Brc1ccc2c(c1)c1ccccc1n2-c1cccc(-c2cc(-c3ccccc3)nc(-c3ccccc3)n2)c1.Brc1ccc2c(c1)c1ccccc1n2-c1cccc(-c2cc(-c3ccccn3)cc(-c3ccccn3)c2)c1.Brc1ccc2c(c1)c1ccccc1n2-c1cccc(-c2cc(-c3ccccn3)nc(-c3ccccn3)c2)c1. The molecule has 0 atom stereocenters. The van der Waals surface area contributed by atoms with E-state index in [1.165, 1.54) is 65.4 Å². The van der Waals surface area contributed by atoms with Gasteiger partial charge in [-0.1, -0.05) is 224 Å². The molecule has 21 rings (SSSR count). The molecule has 0 aliphatic rings. The summed E-state index contributed by atoms with van der Waals surface area (Å²) in [7, 11) is 0. The number of rotatable bonds is 12. The molecule has 9 heterocycles. The van der Waals surface area contributed by atoms with E-state index < -0.39 is 0 Å². The maximum Gasteiger partial charge on any atom is 0.160 e. The third kappa shape index (κ3) is 14.2. The molecule has 21 aromatic rings. The Morgan fingerprint density at radius 2 is 0.500 bits per heavy atom. The first-order chi connectivity index (χ1) is 56.2. The molecule has 0 bridgehead atoms. The van der Waals surface area contributed by atoms with Crippen LogP contribution in [0.3, 0.4) is 0 Å². The first-order valence-electron chi connectivity index (χ1n) is 37.4. The van der Waals surface area contributed by atoms with Crippen LogP contribution in [0.25, 0.3) is 184 Å². The fourth-order valence-electron chi connectivity index (χ4n) is 15.3. The van der Waals surface area contributed by atoms with Crippen LogP contribution in [0.2, 0.25) is 0 Å². The maximum atomic E-state index is 5.03. The van der Waals surface area contributed by atoms with Gasteiger partial charge in [-0.3, -0.25) is 19.9 Å². The summed E-state index contributed by atoms with van der Waals surface area (Å²) in [5, 5.41) is 7.38. The van der Waals surface area contributed by atoms with Crippen LogP contribution in [0.15, 0.2) is 408 Å². The monoisotopic (exact) mass is 1650 g/mol. The highest BCUT2D eigenvalue weighted by Crippen LogP contribution is 2.41. The molecule has 0 amide bonds. The van der Waals surface area contributed by atoms with Crippen LogP contribution in [0.4, 0.5) is 0 Å². The summed E-state index contributed by atoms with van der Waals surface area (Å²) in [6.07, 6.45) is 7.27. The number of hydrogen-bond donors (Lipinski definition) is 0. The molecule has 10 nitrogen and oxygen atoms in total. The quantitative estimate of drug-likeness (QED) is 0.120. The molecule has 9 aromatic heterocycles. The average molecular weight is 1660 g/mol. The zero-order chi connectivity index (χ0) is 76.4. The van der Waals surface area contributed by atoms with Gasteiger partial charge in [0.2, 0.25) is 0 Å². The number of benzene rings is 12. The summed E-state index contributed by atoms with van der Waals surface area (Å²) in [6, 6.07) is 128. The van der Waals surface area contributed by atoms with E-state index in [0.29, 0.717) is 5.82 Å². The lowest BCUT2D eigenvalue weighted by Crippen LogP contribution is -1.97. The number of para-hydroxylation sites is 3. The fraction of sp³-hybridized carbons (Fsp3) is 0. The molecule has 540 valence electrons. The van der Waals surface area contributed by atoms with Gasteiger partial charge in [-0.25, -0.2) is 15.0 Å². The molecular formula is C101H65Br3N10. The highest BCUT2D eigenvalue weighted by atomic mass is 79.9. The van der Waals surface area contributed by atoms with Gasteiger partial charge >= 0.3 is 0 Å². The van der Waals surface area contributed by atoms with Gasteiger partial charge in [0.05, 0.1) is 78.7 Å². The van der Waals surface area contributed by atoms with Crippen LogP contribution >= 0.6 is 47.8 Å². The summed E-state index contributed by atoms with van der Waals surface area (Å²) in [6.45, 7) is 0. The summed E-state index contributed by atoms with van der Waals surface area (Å²) in [5.41, 5.74) is 27.0. The Morgan fingerprint density at radius 1 is 0.175 bits per heavy atom. The van der Waals surface area contributed by atoms with Crippen molar-refractivity contribution < 1.29 is 0 Å². The summed E-state index contributed by atoms with van der Waals surface area (Å²) in [4.78, 5) is 33.3. The highest BCUT2D eigenvalue weighted by molar-refractivity contribution is 9.11. The van der Waals surface area contributed by atoms with Crippen molar-refractivity contribution in [1.29, 1.82) is 0 Å². The van der Waals surface area contributed by atoms with Crippen LogP contribution in [0.1, 0.15) is 0 Å². The lowest BCUT2D eigenvalue weighted by atomic mass is 9.96. The van der Waals surface area contributed by atoms with Crippen LogP contribution in [0, 0.1) is 0 Å². The van der Waals surface area contributed by atoms with Crippen LogP contribution in [0.5, 0.6) is 0 Å². The van der Waals surface area contributed by atoms with Gasteiger partial charge in [0.25, 0.3) is 0 Å². The minimum absolute atomic E-state index is 0.717. The van der Waals surface area contributed by atoms with Crippen molar-refractivity contribution in [3.63, 3.8) is 0 Å². The Morgan fingerprint density at radius 3 is 0.912 bits per heavy atom. The van der Waals surface area contributed by atoms with Gasteiger partial charge in [0.15, 0.2) is 5.82 Å². The van der Waals surface area contributed by atoms with E-state index in [1.54, 1.807) is 12.4 Å². The fourth-order valence-corrected chi connectivity index (χ4v) is 16.4. The molecule has 0 spiro atoms. The zero-order valence-corrected chi connectivity index (χ0v) is 65.9. The molecule has 0 fully saturated rings. The maximum absolute atomic E-state index is 5.03. The number of halogens is 3. The van der Waals surface area contributed by atoms with Crippen LogP contribution < -0.4 is 0 Å². The van der Waals surface area contributed by atoms with E-state index in [4.69, 9.17) is 15.0 Å². The standard InChI is InChI=1S/2C34H22BrN3.C33H21BrN4/c35-26-18-19-33-29(21-26)28-16-7-8-17-32(28)38(33)27-15-9-14-25(20-27)31-22-30(23-10-3-1-4-11-23)36-34(37-31)24-12-5-2-6-13-24;35-27-14-15-34-30(22-27)29-10-1-2-13-33(29)38(34)28-9-7-8-23(21-28)24-18-25(31-11-3-5-16-36-31)20-26(19-24)32-12-4-6-17-37-32;34-24-14-15-33-27(21-24)26-10-1-2-13-32(26)38(33)25-9-7-8-22(18-25)23-19-30(28-11-3-5-16-35-28)37-31(20-23)29-12-4-6-17-36-29/h2*1-22H;1-21H. The van der Waals surface area contributed by atoms with Crippen molar-refractivity contribution in [3.8, 4) is 119 Å². The number of hydrogen-bond acceptors (Lipinski definition) is 7. The Kier molecular flexibility index (Phi) is 19.4. The highest BCUT2D eigenvalue weighted by Gasteiger charge is 2.20. The van der Waals surface area contributed by atoms with E-state index >= 15 is 0 Å². The normalized spacial score (nSPS) is 11.3. The lowest BCUT2D eigenvalue weighted by molar-refractivity contribution is 1.16. The topological polar surface area (TPSA) is 105 Å². The molecule has 0 N–H and O–H groups in total. The predicted molar refractivity (Wildman–Crippen MR) is 479 cm³/mol. The third-order valence-electron chi connectivity index (χ3n) is 20.5. The number of aromatic nitrogens is 10. The number of pyridine rings is 5. The lowest BCUT2D eigenvalue weighted by Gasteiger charge is -2.13. The molecular weight excluding hydrogens is 1590 g/mol. The minimum Gasteiger partial charge on any atom is -0.309 e. The average Bonchev–Trinajstić information content (AvgIpc) is 1.69. The summed E-state index contributed by atoms with van der Waals surface area (Å²) >= 11 is 11.0. The molecule has 0 aliphatic carbocycles. The first kappa shape index (κ1) is 70.7. The van der Waals surface area contributed by atoms with Crippen molar-refractivity contribution in [2.45, 2.75) is 0 Å². The molecule has 12 aromatic carbocycles. The van der Waals surface area contributed by atoms with Gasteiger partial charge < -0.3 is 13.7 Å². The van der Waals surface area contributed by atoms with Crippen molar-refractivity contribution in [2.75, 3.05) is 0 Å². The second kappa shape index (κ2) is 31.2. The van der Waals surface area contributed by atoms with Crippen molar-refractivity contribution >= 4 is 113 Å². The van der Waals surface area contributed by atoms with Gasteiger partial charge in [0, 0.05) is 115 Å². The summed E-state index contributed by atoms with van der Waals surface area (Å²) in [5.74, 6) is 0.717. The smallest absolute Gasteiger partial charge is 0.160 e. The zero-order valence-electron chi connectivity index (χ0n) is 61.1. The molecule has 0 saturated carbocycles. The van der Waals surface area contributed by atoms with E-state index in [-0.39, 0.29) is 0 Å². The van der Waals surface area contributed by atoms with Crippen molar-refractivity contribution in [3.05, 3.63) is 408 Å². The molecule has 114 heavy (non-hydrogen) atoms. The van der Waals surface area contributed by atoms with Crippen LogP contribution in [-0.4, -0.2) is 48.6 Å². The van der Waals surface area contributed by atoms with E-state index in [1.807, 2.05) is 122 Å². The van der Waals surface area contributed by atoms with Gasteiger partial charge in [-0.05, 0) is 216 Å². The van der Waals surface area contributed by atoms with Crippen molar-refractivity contribution in [2.24, 2.45) is 0 Å². The molecule has 0 radical (unpaired) electrons. The first-order valence-corrected chi connectivity index (χ1v) is 39.8. The molecule has 13 heteroatoms. The third-order valence-corrected chi connectivity index (χ3v) is 22.0. The number of fused-ring (bicyclic) bond motifs is 9. The second-order valence-electron chi connectivity index (χ2n) is 27.7. The number of nitrogens with zero attached hydrogens (tertiary/aromatic N) is 10. The molecule has 0 aliphatic heterocycles. The van der Waals surface area contributed by atoms with Crippen LogP contribution in [-0.2, 0) is 0 Å². The van der Waals surface area contributed by atoms with Crippen molar-refractivity contribution in [1.82, 2.24) is 48.6 Å². The Balaban J connectivity index is 0.000000115. The minimum atomic E-state index is 0.717. The largest absolute Gasteiger partial charge is 0.309 e. The van der Waals surface area contributed by atoms with Gasteiger partial charge in [0.1, 0.15) is 0 Å². The molecule has 0 saturated heterocycles. The van der Waals surface area contributed by atoms with Gasteiger partial charge in [-0.15, -0.1) is 0 Å². The predicted octanol–water partition coefficient (Wildman–Crippen LogP) is 27.4. The van der Waals surface area contributed by atoms with E-state index in [9.17, 15) is 0 Å². The van der Waals surface area contributed by atoms with E-state index in [2.05, 4.69) is 342 Å². The van der Waals surface area contributed by atoms with E-state index in [0.717, 1.165) is 126 Å². The van der Waals surface area contributed by atoms with Gasteiger partial charge in [-0.2, -0.15) is 0 Å². The summed E-state index contributed by atoms with van der Waals surface area (Å²) < 4.78 is 10.2. The molecule has 0 unspecified atom stereocenters. The Labute approximate surface area is 683 Å². The Bertz CT molecular complexity index is 6290. The Hall–Kier alpha value is -13.7.